The SMILES string of the molecule is C[C@H]1CCCC[NH+]1Cc1nc2c(c(=O)n(C)c(=O)n2C)n1CC(=O)c1ccccc1. The van der Waals surface area contributed by atoms with E-state index in [1.807, 2.05) is 18.2 Å². The van der Waals surface area contributed by atoms with Crippen LogP contribution in [0.1, 0.15) is 42.4 Å². The molecule has 2 aromatic heterocycles. The van der Waals surface area contributed by atoms with E-state index in [1.54, 1.807) is 23.7 Å². The van der Waals surface area contributed by atoms with Crippen LogP contribution in [0.2, 0.25) is 0 Å². The fourth-order valence-corrected chi connectivity index (χ4v) is 4.37. The van der Waals surface area contributed by atoms with Gasteiger partial charge in [-0.3, -0.25) is 18.7 Å². The molecule has 1 aliphatic heterocycles. The van der Waals surface area contributed by atoms with E-state index in [4.69, 9.17) is 0 Å². The van der Waals surface area contributed by atoms with Gasteiger partial charge in [-0.1, -0.05) is 30.3 Å². The van der Waals surface area contributed by atoms with Gasteiger partial charge in [0.25, 0.3) is 5.56 Å². The molecule has 0 saturated carbocycles. The molecule has 1 unspecified atom stereocenters. The van der Waals surface area contributed by atoms with Gasteiger partial charge in [0.05, 0.1) is 19.1 Å². The Labute approximate surface area is 174 Å². The number of hydrogen-bond acceptors (Lipinski definition) is 4. The van der Waals surface area contributed by atoms with E-state index < -0.39 is 11.2 Å². The van der Waals surface area contributed by atoms with E-state index in [0.717, 1.165) is 24.0 Å². The number of rotatable bonds is 5. The van der Waals surface area contributed by atoms with Gasteiger partial charge in [-0.15, -0.1) is 0 Å². The first kappa shape index (κ1) is 20.3. The van der Waals surface area contributed by atoms with Crippen molar-refractivity contribution < 1.29 is 9.69 Å². The van der Waals surface area contributed by atoms with Crippen molar-refractivity contribution in [1.82, 2.24) is 18.7 Å². The molecule has 0 amide bonds. The van der Waals surface area contributed by atoms with Crippen molar-refractivity contribution in [2.45, 2.75) is 45.3 Å². The highest BCUT2D eigenvalue weighted by Crippen LogP contribution is 2.14. The van der Waals surface area contributed by atoms with Crippen molar-refractivity contribution >= 4 is 16.9 Å². The third kappa shape index (κ3) is 3.52. The number of fused-ring (bicyclic) bond motifs is 1. The minimum atomic E-state index is -0.422. The van der Waals surface area contributed by atoms with Crippen molar-refractivity contribution in [3.63, 3.8) is 0 Å². The van der Waals surface area contributed by atoms with Gasteiger partial charge >= 0.3 is 5.69 Å². The van der Waals surface area contributed by atoms with Crippen molar-refractivity contribution in [2.75, 3.05) is 6.54 Å². The summed E-state index contributed by atoms with van der Waals surface area (Å²) in [5, 5.41) is 0. The predicted octanol–water partition coefficient (Wildman–Crippen LogP) is 0.274. The number of nitrogens with one attached hydrogen (secondary N) is 1. The first-order valence-electron chi connectivity index (χ1n) is 10.5. The van der Waals surface area contributed by atoms with Crippen molar-refractivity contribution in [3.8, 4) is 0 Å². The normalized spacial score (nSPS) is 19.3. The number of aryl methyl sites for hydroxylation is 1. The summed E-state index contributed by atoms with van der Waals surface area (Å²) in [5.41, 5.74) is 0.391. The average Bonchev–Trinajstić information content (AvgIpc) is 3.11. The van der Waals surface area contributed by atoms with Crippen molar-refractivity contribution in [2.24, 2.45) is 14.1 Å². The molecule has 0 spiro atoms. The largest absolute Gasteiger partial charge is 0.332 e. The van der Waals surface area contributed by atoms with Gasteiger partial charge in [0.1, 0.15) is 6.54 Å². The fraction of sp³-hybridized carbons (Fsp3) is 0.455. The zero-order valence-electron chi connectivity index (χ0n) is 17.7. The van der Waals surface area contributed by atoms with Crippen LogP contribution in [0.3, 0.4) is 0 Å². The molecule has 0 radical (unpaired) electrons. The molecule has 0 aliphatic carbocycles. The Morgan fingerprint density at radius 3 is 2.57 bits per heavy atom. The molecule has 1 saturated heterocycles. The molecule has 1 fully saturated rings. The maximum Gasteiger partial charge on any atom is 0.332 e. The predicted molar refractivity (Wildman–Crippen MR) is 114 cm³/mol. The number of quaternary nitrogens is 1. The van der Waals surface area contributed by atoms with E-state index in [-0.39, 0.29) is 12.3 Å². The molecule has 1 aromatic carbocycles. The molecule has 158 valence electrons. The number of carbonyl (C=O) groups excluding carboxylic acids is 1. The van der Waals surface area contributed by atoms with Crippen LogP contribution in [-0.4, -0.2) is 37.1 Å². The van der Waals surface area contributed by atoms with Crippen LogP contribution in [0.15, 0.2) is 39.9 Å². The Bertz CT molecular complexity index is 1210. The number of likely N-dealkylation sites (tertiary alicyclic amines) is 1. The van der Waals surface area contributed by atoms with Gasteiger partial charge in [0.2, 0.25) is 0 Å². The first-order chi connectivity index (χ1) is 14.4. The molecule has 8 heteroatoms. The molecule has 0 bridgehead atoms. The molecule has 30 heavy (non-hydrogen) atoms. The van der Waals surface area contributed by atoms with Crippen LogP contribution < -0.4 is 16.1 Å². The number of carbonyl (C=O) groups is 1. The van der Waals surface area contributed by atoms with Crippen molar-refractivity contribution in [1.29, 1.82) is 0 Å². The number of piperidine rings is 1. The second-order valence-electron chi connectivity index (χ2n) is 8.26. The fourth-order valence-electron chi connectivity index (χ4n) is 4.37. The third-order valence-corrected chi connectivity index (χ3v) is 6.29. The summed E-state index contributed by atoms with van der Waals surface area (Å²) in [4.78, 5) is 44.5. The van der Waals surface area contributed by atoms with E-state index in [0.29, 0.717) is 35.1 Å². The lowest BCUT2D eigenvalue weighted by Crippen LogP contribution is -3.15. The molecule has 1 aliphatic rings. The Morgan fingerprint density at radius 1 is 1.13 bits per heavy atom. The zero-order chi connectivity index (χ0) is 21.4. The molecule has 8 nitrogen and oxygen atoms in total. The van der Waals surface area contributed by atoms with Crippen LogP contribution in [0.25, 0.3) is 11.2 Å². The Balaban J connectivity index is 1.85. The molecular weight excluding hydrogens is 382 g/mol. The van der Waals surface area contributed by atoms with Gasteiger partial charge in [-0.2, -0.15) is 0 Å². The molecule has 4 rings (SSSR count). The lowest BCUT2D eigenvalue weighted by atomic mass is 10.0. The summed E-state index contributed by atoms with van der Waals surface area (Å²) < 4.78 is 4.19. The van der Waals surface area contributed by atoms with Crippen LogP contribution in [0.4, 0.5) is 0 Å². The summed E-state index contributed by atoms with van der Waals surface area (Å²) >= 11 is 0. The number of ketones is 1. The number of imidazole rings is 1. The lowest BCUT2D eigenvalue weighted by Gasteiger charge is -2.29. The van der Waals surface area contributed by atoms with Crippen LogP contribution >= 0.6 is 0 Å². The van der Waals surface area contributed by atoms with Gasteiger partial charge in [-0.05, 0) is 26.2 Å². The zero-order valence-corrected chi connectivity index (χ0v) is 17.7. The summed E-state index contributed by atoms with van der Waals surface area (Å²) in [5.74, 6) is 0.588. The molecule has 3 aromatic rings. The summed E-state index contributed by atoms with van der Waals surface area (Å²) in [6.07, 6.45) is 3.53. The van der Waals surface area contributed by atoms with Crippen LogP contribution in [-0.2, 0) is 27.2 Å². The van der Waals surface area contributed by atoms with Crippen LogP contribution in [0, 0.1) is 0 Å². The number of aromatic nitrogens is 4. The van der Waals surface area contributed by atoms with Gasteiger partial charge in [-0.25, -0.2) is 9.78 Å². The van der Waals surface area contributed by atoms with Gasteiger partial charge in [0.15, 0.2) is 22.8 Å². The molecule has 1 N–H and O–H groups in total. The first-order valence-corrected chi connectivity index (χ1v) is 10.5. The number of hydrogen-bond donors (Lipinski definition) is 1. The van der Waals surface area contributed by atoms with Gasteiger partial charge in [0, 0.05) is 19.7 Å². The Morgan fingerprint density at radius 2 is 1.87 bits per heavy atom. The van der Waals surface area contributed by atoms with E-state index in [9.17, 15) is 14.4 Å². The highest BCUT2D eigenvalue weighted by molar-refractivity contribution is 5.96. The lowest BCUT2D eigenvalue weighted by molar-refractivity contribution is -0.942. The number of nitrogens with zero attached hydrogens (tertiary/aromatic N) is 4. The minimum Gasteiger partial charge on any atom is -0.326 e. The molecular formula is C22H28N5O3+. The molecule has 3 heterocycles. The van der Waals surface area contributed by atoms with E-state index in [2.05, 4.69) is 11.9 Å². The quantitative estimate of drug-likeness (QED) is 0.613. The third-order valence-electron chi connectivity index (χ3n) is 6.29. The smallest absolute Gasteiger partial charge is 0.326 e. The maximum atomic E-state index is 13.0. The minimum absolute atomic E-state index is 0.0188. The second kappa shape index (κ2) is 8.02. The number of Topliss-reactive ketones (excluding diaryl/α,β-unsaturated/α-hetero) is 1. The highest BCUT2D eigenvalue weighted by Gasteiger charge is 2.27. The van der Waals surface area contributed by atoms with E-state index >= 15 is 0 Å². The summed E-state index contributed by atoms with van der Waals surface area (Å²) in [6.45, 7) is 3.90. The molecule has 2 atom stereocenters. The summed E-state index contributed by atoms with van der Waals surface area (Å²) in [7, 11) is 3.07. The Kier molecular flexibility index (Phi) is 5.42. The van der Waals surface area contributed by atoms with Crippen LogP contribution in [0.5, 0.6) is 0 Å². The topological polar surface area (TPSA) is 83.3 Å². The van der Waals surface area contributed by atoms with Gasteiger partial charge < -0.3 is 9.47 Å². The van der Waals surface area contributed by atoms with E-state index in [1.165, 1.54) is 22.9 Å². The standard InChI is InChI=1S/C22H27N5O3/c1-15-9-7-8-12-26(15)14-18-23-20-19(21(29)25(3)22(30)24(20)2)27(18)13-17(28)16-10-5-4-6-11-16/h4-6,10-11,15H,7-9,12-14H2,1-3H3/p+1/t15-/m0/s1. The average molecular weight is 410 g/mol. The summed E-state index contributed by atoms with van der Waals surface area (Å²) in [6, 6.07) is 9.54. The second-order valence-corrected chi connectivity index (χ2v) is 8.26. The maximum absolute atomic E-state index is 13.0. The van der Waals surface area contributed by atoms with Crippen molar-refractivity contribution in [3.05, 3.63) is 62.6 Å². The Hall–Kier alpha value is -3.00. The number of benzene rings is 1. The monoisotopic (exact) mass is 410 g/mol. The highest BCUT2D eigenvalue weighted by atomic mass is 16.2.